The number of carbonyl (C=O) groups is 1. The van der Waals surface area contributed by atoms with Crippen molar-refractivity contribution in [2.45, 2.75) is 17.3 Å². The number of anilines is 1. The van der Waals surface area contributed by atoms with Crippen molar-refractivity contribution in [2.24, 2.45) is 7.05 Å². The van der Waals surface area contributed by atoms with Gasteiger partial charge in [-0.3, -0.25) is 4.79 Å². The Labute approximate surface area is 178 Å². The third-order valence-corrected chi connectivity index (χ3v) is 6.11. The van der Waals surface area contributed by atoms with Crippen LogP contribution in [0.1, 0.15) is 6.92 Å². The molecule has 7 heteroatoms. The average molecular weight is 423 g/mol. The first kappa shape index (κ1) is 19.5. The first-order valence-electron chi connectivity index (χ1n) is 9.14. The van der Waals surface area contributed by atoms with E-state index in [1.807, 2.05) is 85.3 Å². The molecule has 1 heterocycles. The van der Waals surface area contributed by atoms with Crippen molar-refractivity contribution in [3.8, 4) is 11.4 Å². The minimum absolute atomic E-state index is 0.0892. The van der Waals surface area contributed by atoms with Crippen LogP contribution in [0.5, 0.6) is 0 Å². The lowest BCUT2D eigenvalue weighted by atomic mass is 10.1. The number of amides is 1. The van der Waals surface area contributed by atoms with Crippen LogP contribution in [-0.2, 0) is 11.8 Å². The fourth-order valence-corrected chi connectivity index (χ4v) is 4.11. The largest absolute Gasteiger partial charge is 0.325 e. The number of nitrogens with zero attached hydrogens (tertiary/aromatic N) is 3. The number of hydrogen-bond acceptors (Lipinski definition) is 4. The van der Waals surface area contributed by atoms with Crippen molar-refractivity contribution in [3.63, 3.8) is 0 Å². The summed E-state index contributed by atoms with van der Waals surface area (Å²) in [6, 6.07) is 21.3. The highest BCUT2D eigenvalue weighted by atomic mass is 35.5. The van der Waals surface area contributed by atoms with Gasteiger partial charge >= 0.3 is 0 Å². The monoisotopic (exact) mass is 422 g/mol. The molecular weight excluding hydrogens is 404 g/mol. The zero-order valence-corrected chi connectivity index (χ0v) is 17.5. The Morgan fingerprint density at radius 1 is 1.03 bits per heavy atom. The summed E-state index contributed by atoms with van der Waals surface area (Å²) in [4.78, 5) is 12.8. The molecule has 0 saturated carbocycles. The molecule has 0 aliphatic heterocycles. The van der Waals surface area contributed by atoms with Gasteiger partial charge in [-0.15, -0.1) is 10.2 Å². The normalized spacial score (nSPS) is 12.1. The number of aromatic nitrogens is 3. The standard InChI is InChI=1S/C22H19ClN4OS/c1-14(21(28)24-19-13-7-9-15-8-3-4-10-16(15)19)29-22-26-25-20(27(22)2)17-11-5-6-12-18(17)23/h3-14H,1-2H3,(H,24,28). The van der Waals surface area contributed by atoms with Gasteiger partial charge in [-0.25, -0.2) is 0 Å². The Morgan fingerprint density at radius 3 is 2.59 bits per heavy atom. The number of thioether (sulfide) groups is 1. The summed E-state index contributed by atoms with van der Waals surface area (Å²) in [6.45, 7) is 1.86. The number of carbonyl (C=O) groups excluding carboxylic acids is 1. The molecule has 4 aromatic rings. The molecule has 0 bridgehead atoms. The average Bonchev–Trinajstić information content (AvgIpc) is 3.08. The molecule has 0 aliphatic rings. The van der Waals surface area contributed by atoms with Gasteiger partial charge in [0.2, 0.25) is 5.91 Å². The number of nitrogens with one attached hydrogen (secondary N) is 1. The number of rotatable bonds is 5. The Bertz CT molecular complexity index is 1190. The molecule has 5 nitrogen and oxygen atoms in total. The molecule has 4 rings (SSSR count). The molecule has 0 fully saturated rings. The summed E-state index contributed by atoms with van der Waals surface area (Å²) in [5.41, 5.74) is 1.61. The number of halogens is 1. The van der Waals surface area contributed by atoms with Crippen molar-refractivity contribution < 1.29 is 4.79 Å². The Hall–Kier alpha value is -2.83. The maximum absolute atomic E-state index is 12.8. The SMILES string of the molecule is CC(Sc1nnc(-c2ccccc2Cl)n1C)C(=O)Nc1cccc2ccccc12. The van der Waals surface area contributed by atoms with Crippen LogP contribution in [0.2, 0.25) is 5.02 Å². The highest BCUT2D eigenvalue weighted by molar-refractivity contribution is 8.00. The summed E-state index contributed by atoms with van der Waals surface area (Å²) >= 11 is 7.64. The zero-order valence-electron chi connectivity index (χ0n) is 16.0. The van der Waals surface area contributed by atoms with Gasteiger partial charge in [0.1, 0.15) is 0 Å². The lowest BCUT2D eigenvalue weighted by Crippen LogP contribution is -2.23. The third kappa shape index (κ3) is 3.99. The van der Waals surface area contributed by atoms with Crippen LogP contribution in [0, 0.1) is 0 Å². The maximum Gasteiger partial charge on any atom is 0.237 e. The fraction of sp³-hybridized carbons (Fsp3) is 0.136. The molecular formula is C22H19ClN4OS. The summed E-state index contributed by atoms with van der Waals surface area (Å²) in [7, 11) is 1.87. The minimum atomic E-state index is -0.351. The van der Waals surface area contributed by atoms with Crippen molar-refractivity contribution in [1.82, 2.24) is 14.8 Å². The quantitative estimate of drug-likeness (QED) is 0.437. The molecule has 3 aromatic carbocycles. The molecule has 1 unspecified atom stereocenters. The molecule has 1 N–H and O–H groups in total. The molecule has 0 radical (unpaired) electrons. The highest BCUT2D eigenvalue weighted by Crippen LogP contribution is 2.30. The number of benzene rings is 3. The van der Waals surface area contributed by atoms with E-state index in [-0.39, 0.29) is 11.2 Å². The Kier molecular flexibility index (Phi) is 5.56. The number of hydrogen-bond donors (Lipinski definition) is 1. The number of fused-ring (bicyclic) bond motifs is 1. The van der Waals surface area contributed by atoms with Gasteiger partial charge in [-0.1, -0.05) is 71.9 Å². The van der Waals surface area contributed by atoms with Gasteiger partial charge in [-0.2, -0.15) is 0 Å². The van der Waals surface area contributed by atoms with Gasteiger partial charge in [-0.05, 0) is 30.5 Å². The van der Waals surface area contributed by atoms with Gasteiger partial charge < -0.3 is 9.88 Å². The van der Waals surface area contributed by atoms with E-state index in [4.69, 9.17) is 11.6 Å². The van der Waals surface area contributed by atoms with Gasteiger partial charge in [0.15, 0.2) is 11.0 Å². The second-order valence-electron chi connectivity index (χ2n) is 6.62. The van der Waals surface area contributed by atoms with E-state index < -0.39 is 0 Å². The predicted molar refractivity (Wildman–Crippen MR) is 119 cm³/mol. The minimum Gasteiger partial charge on any atom is -0.325 e. The van der Waals surface area contributed by atoms with Crippen LogP contribution < -0.4 is 5.32 Å². The topological polar surface area (TPSA) is 59.8 Å². The summed E-state index contributed by atoms with van der Waals surface area (Å²) in [6.07, 6.45) is 0. The molecule has 1 amide bonds. The maximum atomic E-state index is 12.8. The third-order valence-electron chi connectivity index (χ3n) is 4.65. The molecule has 0 aliphatic carbocycles. The molecule has 29 heavy (non-hydrogen) atoms. The summed E-state index contributed by atoms with van der Waals surface area (Å²) in [5, 5.41) is 14.6. The second-order valence-corrected chi connectivity index (χ2v) is 8.34. The van der Waals surface area contributed by atoms with E-state index in [2.05, 4.69) is 15.5 Å². The summed E-state index contributed by atoms with van der Waals surface area (Å²) < 4.78 is 1.85. The van der Waals surface area contributed by atoms with Crippen LogP contribution in [-0.4, -0.2) is 25.9 Å². The van der Waals surface area contributed by atoms with Crippen LogP contribution >= 0.6 is 23.4 Å². The second kappa shape index (κ2) is 8.27. The van der Waals surface area contributed by atoms with Crippen LogP contribution in [0.15, 0.2) is 71.9 Å². The van der Waals surface area contributed by atoms with Crippen LogP contribution in [0.4, 0.5) is 5.69 Å². The van der Waals surface area contributed by atoms with E-state index in [1.165, 1.54) is 11.8 Å². The Balaban J connectivity index is 1.52. The molecule has 0 saturated heterocycles. The predicted octanol–water partition coefficient (Wildman–Crippen LogP) is 5.41. The van der Waals surface area contributed by atoms with E-state index in [1.54, 1.807) is 0 Å². The Morgan fingerprint density at radius 2 is 1.76 bits per heavy atom. The lowest BCUT2D eigenvalue weighted by molar-refractivity contribution is -0.115. The molecule has 1 atom stereocenters. The van der Waals surface area contributed by atoms with Crippen molar-refractivity contribution in [1.29, 1.82) is 0 Å². The first-order valence-corrected chi connectivity index (χ1v) is 10.4. The molecule has 146 valence electrons. The molecule has 1 aromatic heterocycles. The van der Waals surface area contributed by atoms with E-state index in [9.17, 15) is 4.79 Å². The van der Waals surface area contributed by atoms with Gasteiger partial charge in [0, 0.05) is 23.7 Å². The zero-order chi connectivity index (χ0) is 20.4. The fourth-order valence-electron chi connectivity index (χ4n) is 3.08. The summed E-state index contributed by atoms with van der Waals surface area (Å²) in [5.74, 6) is 0.577. The smallest absolute Gasteiger partial charge is 0.237 e. The van der Waals surface area contributed by atoms with Crippen molar-refractivity contribution >= 4 is 45.7 Å². The first-order chi connectivity index (χ1) is 14.0. The van der Waals surface area contributed by atoms with E-state index in [0.717, 1.165) is 22.0 Å². The lowest BCUT2D eigenvalue weighted by Gasteiger charge is -2.13. The van der Waals surface area contributed by atoms with Crippen molar-refractivity contribution in [2.75, 3.05) is 5.32 Å². The highest BCUT2D eigenvalue weighted by Gasteiger charge is 2.20. The van der Waals surface area contributed by atoms with Gasteiger partial charge in [0.05, 0.1) is 10.3 Å². The van der Waals surface area contributed by atoms with E-state index in [0.29, 0.717) is 16.0 Å². The molecule has 0 spiro atoms. The van der Waals surface area contributed by atoms with Crippen molar-refractivity contribution in [3.05, 3.63) is 71.8 Å². The van der Waals surface area contributed by atoms with E-state index >= 15 is 0 Å². The van der Waals surface area contributed by atoms with Crippen LogP contribution in [0.25, 0.3) is 22.2 Å². The van der Waals surface area contributed by atoms with Gasteiger partial charge in [0.25, 0.3) is 0 Å². The van der Waals surface area contributed by atoms with Crippen LogP contribution in [0.3, 0.4) is 0 Å².